The Hall–Kier alpha value is -1.29. The molecule has 0 N–H and O–H groups in total. The molecule has 0 spiro atoms. The molecule has 0 aliphatic carbocycles. The van der Waals surface area contributed by atoms with Crippen molar-refractivity contribution in [2.45, 2.75) is 24.7 Å². The van der Waals surface area contributed by atoms with Gasteiger partial charge < -0.3 is 0 Å². The van der Waals surface area contributed by atoms with Crippen LogP contribution in [0.5, 0.6) is 0 Å². The molecular weight excluding hydrogens is 234 g/mol. The van der Waals surface area contributed by atoms with Gasteiger partial charge in [-0.1, -0.05) is 17.7 Å². The fourth-order valence-electron chi connectivity index (χ4n) is 1.76. The van der Waals surface area contributed by atoms with E-state index < -0.39 is 0 Å². The molecule has 2 amide bonds. The maximum absolute atomic E-state index is 11.4. The summed E-state index contributed by atoms with van der Waals surface area (Å²) >= 11 is 1.67. The molecule has 1 aliphatic rings. The average Bonchev–Trinajstić information content (AvgIpc) is 2.63. The van der Waals surface area contributed by atoms with Crippen molar-refractivity contribution in [2.24, 2.45) is 0 Å². The van der Waals surface area contributed by atoms with Gasteiger partial charge in [-0.3, -0.25) is 14.5 Å². The van der Waals surface area contributed by atoms with E-state index in [1.54, 1.807) is 11.8 Å². The summed E-state index contributed by atoms with van der Waals surface area (Å²) in [7, 11) is 0. The van der Waals surface area contributed by atoms with Crippen LogP contribution in [0.3, 0.4) is 0 Å². The number of thioether (sulfide) groups is 1. The van der Waals surface area contributed by atoms with Crippen molar-refractivity contribution in [2.75, 3.05) is 12.3 Å². The summed E-state index contributed by atoms with van der Waals surface area (Å²) < 4.78 is 0. The topological polar surface area (TPSA) is 37.4 Å². The number of carbonyl (C=O) groups excluding carboxylic acids is 2. The highest BCUT2D eigenvalue weighted by Gasteiger charge is 2.27. The first-order valence-electron chi connectivity index (χ1n) is 5.69. The third kappa shape index (κ3) is 3.09. The monoisotopic (exact) mass is 249 g/mol. The molecule has 1 aliphatic heterocycles. The largest absolute Gasteiger partial charge is 0.282 e. The summed E-state index contributed by atoms with van der Waals surface area (Å²) in [5.74, 6) is 0.708. The Bertz CT molecular complexity index is 412. The van der Waals surface area contributed by atoms with Crippen LogP contribution in [0.4, 0.5) is 0 Å². The van der Waals surface area contributed by atoms with Gasteiger partial charge in [0.1, 0.15) is 0 Å². The maximum atomic E-state index is 11.4. The van der Waals surface area contributed by atoms with E-state index in [0.717, 1.165) is 5.75 Å². The van der Waals surface area contributed by atoms with Crippen LogP contribution in [0.1, 0.15) is 18.4 Å². The van der Waals surface area contributed by atoms with Gasteiger partial charge in [0.25, 0.3) is 0 Å². The molecule has 0 unspecified atom stereocenters. The summed E-state index contributed by atoms with van der Waals surface area (Å²) in [4.78, 5) is 25.3. The van der Waals surface area contributed by atoms with Gasteiger partial charge in [-0.2, -0.15) is 0 Å². The summed E-state index contributed by atoms with van der Waals surface area (Å²) in [6, 6.07) is 8.25. The number of rotatable bonds is 4. The average molecular weight is 249 g/mol. The van der Waals surface area contributed by atoms with Crippen LogP contribution in [-0.2, 0) is 9.59 Å². The van der Waals surface area contributed by atoms with Crippen LogP contribution in [-0.4, -0.2) is 29.0 Å². The van der Waals surface area contributed by atoms with Gasteiger partial charge in [-0.15, -0.1) is 11.8 Å². The lowest BCUT2D eigenvalue weighted by Gasteiger charge is -2.12. The van der Waals surface area contributed by atoms with E-state index in [4.69, 9.17) is 0 Å². The van der Waals surface area contributed by atoms with Crippen molar-refractivity contribution in [1.29, 1.82) is 0 Å². The molecule has 0 saturated carbocycles. The van der Waals surface area contributed by atoms with Gasteiger partial charge >= 0.3 is 0 Å². The number of hydrogen-bond donors (Lipinski definition) is 0. The number of likely N-dealkylation sites (tertiary alicyclic amines) is 1. The Morgan fingerprint density at radius 3 is 2.29 bits per heavy atom. The lowest BCUT2D eigenvalue weighted by Crippen LogP contribution is -2.31. The minimum atomic E-state index is -0.0282. The highest BCUT2D eigenvalue weighted by atomic mass is 32.2. The zero-order valence-corrected chi connectivity index (χ0v) is 10.6. The zero-order valence-electron chi connectivity index (χ0n) is 9.81. The van der Waals surface area contributed by atoms with Crippen molar-refractivity contribution in [3.63, 3.8) is 0 Å². The molecule has 17 heavy (non-hydrogen) atoms. The normalized spacial score (nSPS) is 15.7. The maximum Gasteiger partial charge on any atom is 0.229 e. The van der Waals surface area contributed by atoms with Crippen LogP contribution in [0.15, 0.2) is 29.2 Å². The first-order valence-corrected chi connectivity index (χ1v) is 6.68. The van der Waals surface area contributed by atoms with E-state index in [1.807, 2.05) is 0 Å². The van der Waals surface area contributed by atoms with Crippen LogP contribution < -0.4 is 0 Å². The molecule has 3 nitrogen and oxygen atoms in total. The molecule has 0 aromatic heterocycles. The molecule has 1 aromatic rings. The number of hydrogen-bond acceptors (Lipinski definition) is 3. The SMILES string of the molecule is Cc1ccc(SCCN2C(=O)CCC2=O)cc1. The van der Waals surface area contributed by atoms with Gasteiger partial charge in [-0.05, 0) is 19.1 Å². The second kappa shape index (κ2) is 5.36. The molecular formula is C13H15NO2S. The Kier molecular flexibility index (Phi) is 3.84. The Morgan fingerprint density at radius 2 is 1.71 bits per heavy atom. The summed E-state index contributed by atoms with van der Waals surface area (Å²) in [5, 5.41) is 0. The minimum Gasteiger partial charge on any atom is -0.282 e. The third-order valence-corrected chi connectivity index (χ3v) is 3.75. The van der Waals surface area contributed by atoms with Crippen LogP contribution in [0.25, 0.3) is 0 Å². The Labute approximate surface area is 105 Å². The molecule has 2 rings (SSSR count). The van der Waals surface area contributed by atoms with Crippen LogP contribution in [0.2, 0.25) is 0 Å². The summed E-state index contributed by atoms with van der Waals surface area (Å²) in [6.07, 6.45) is 0.766. The molecule has 90 valence electrons. The fraction of sp³-hybridized carbons (Fsp3) is 0.385. The summed E-state index contributed by atoms with van der Waals surface area (Å²) in [6.45, 7) is 2.58. The Balaban J connectivity index is 1.81. The lowest BCUT2D eigenvalue weighted by molar-refractivity contribution is -0.137. The number of carbonyl (C=O) groups is 2. The van der Waals surface area contributed by atoms with E-state index >= 15 is 0 Å². The van der Waals surface area contributed by atoms with Crippen LogP contribution in [0, 0.1) is 6.92 Å². The fourth-order valence-corrected chi connectivity index (χ4v) is 2.60. The molecule has 0 atom stereocenters. The van der Waals surface area contributed by atoms with Gasteiger partial charge in [0.15, 0.2) is 0 Å². The third-order valence-electron chi connectivity index (χ3n) is 2.76. The molecule has 0 radical (unpaired) electrons. The van der Waals surface area contributed by atoms with E-state index in [2.05, 4.69) is 31.2 Å². The van der Waals surface area contributed by atoms with Crippen molar-refractivity contribution in [3.8, 4) is 0 Å². The van der Waals surface area contributed by atoms with Gasteiger partial charge in [0.05, 0.1) is 0 Å². The van der Waals surface area contributed by atoms with Gasteiger partial charge in [0, 0.05) is 30.0 Å². The van der Waals surface area contributed by atoms with E-state index in [9.17, 15) is 9.59 Å². The lowest BCUT2D eigenvalue weighted by atomic mass is 10.2. The predicted octanol–water partition coefficient (Wildman–Crippen LogP) is 2.24. The van der Waals surface area contributed by atoms with E-state index in [0.29, 0.717) is 19.4 Å². The second-order valence-corrected chi connectivity index (χ2v) is 5.27. The van der Waals surface area contributed by atoms with Gasteiger partial charge in [-0.25, -0.2) is 0 Å². The van der Waals surface area contributed by atoms with Crippen molar-refractivity contribution in [1.82, 2.24) is 4.90 Å². The predicted molar refractivity (Wildman–Crippen MR) is 67.9 cm³/mol. The van der Waals surface area contributed by atoms with Crippen molar-refractivity contribution >= 4 is 23.6 Å². The number of aryl methyl sites for hydroxylation is 1. The quantitative estimate of drug-likeness (QED) is 0.606. The van der Waals surface area contributed by atoms with E-state index in [-0.39, 0.29) is 11.8 Å². The first kappa shape index (κ1) is 12.2. The number of imide groups is 1. The number of amides is 2. The molecule has 1 heterocycles. The second-order valence-electron chi connectivity index (χ2n) is 4.10. The number of benzene rings is 1. The molecule has 1 aromatic carbocycles. The number of nitrogens with zero attached hydrogens (tertiary/aromatic N) is 1. The Morgan fingerprint density at radius 1 is 1.12 bits per heavy atom. The smallest absolute Gasteiger partial charge is 0.229 e. The molecule has 0 bridgehead atoms. The molecule has 4 heteroatoms. The summed E-state index contributed by atoms with van der Waals surface area (Å²) in [5.41, 5.74) is 1.24. The first-order chi connectivity index (χ1) is 8.16. The zero-order chi connectivity index (χ0) is 12.3. The van der Waals surface area contributed by atoms with E-state index in [1.165, 1.54) is 15.4 Å². The van der Waals surface area contributed by atoms with Crippen molar-refractivity contribution in [3.05, 3.63) is 29.8 Å². The highest BCUT2D eigenvalue weighted by Crippen LogP contribution is 2.19. The molecule has 1 fully saturated rings. The molecule has 1 saturated heterocycles. The van der Waals surface area contributed by atoms with Gasteiger partial charge in [0.2, 0.25) is 11.8 Å². The standard InChI is InChI=1S/C13H15NO2S/c1-10-2-4-11(5-3-10)17-9-8-14-12(15)6-7-13(14)16/h2-5H,6-9H2,1H3. The minimum absolute atomic E-state index is 0.0282. The highest BCUT2D eigenvalue weighted by molar-refractivity contribution is 7.99. The van der Waals surface area contributed by atoms with Crippen molar-refractivity contribution < 1.29 is 9.59 Å². The van der Waals surface area contributed by atoms with Crippen LogP contribution >= 0.6 is 11.8 Å².